The van der Waals surface area contributed by atoms with Crippen LogP contribution >= 0.6 is 12.0 Å². The van der Waals surface area contributed by atoms with Gasteiger partial charge >= 0.3 is 5.24 Å². The van der Waals surface area contributed by atoms with Crippen LogP contribution in [0.3, 0.4) is 0 Å². The number of hydrogen-bond donors (Lipinski definition) is 1. The Labute approximate surface area is 120 Å². The molecule has 0 saturated heterocycles. The lowest BCUT2D eigenvalue weighted by molar-refractivity contribution is 0.213. The molecule has 0 unspecified atom stereocenters. The number of rotatable bonds is 4. The van der Waals surface area contributed by atoms with Gasteiger partial charge in [-0.2, -0.15) is 10.2 Å². The van der Waals surface area contributed by atoms with E-state index in [9.17, 15) is 4.79 Å². The van der Waals surface area contributed by atoms with E-state index in [4.69, 9.17) is 4.18 Å². The Bertz CT molecular complexity index is 320. The molecule has 0 aromatic carbocycles. The lowest BCUT2D eigenvalue weighted by Gasteiger charge is -2.33. The number of carbonyl (C=O) groups is 1. The highest BCUT2D eigenvalue weighted by Gasteiger charge is 2.34. The first-order valence-electron chi connectivity index (χ1n) is 6.93. The molecule has 1 amide bonds. The Kier molecular flexibility index (Phi) is 6.26. The molecule has 5 nitrogen and oxygen atoms in total. The van der Waals surface area contributed by atoms with Crippen molar-refractivity contribution in [3.8, 4) is 0 Å². The number of nitrogens with zero attached hydrogens (tertiary/aromatic N) is 2. The van der Waals surface area contributed by atoms with Crippen LogP contribution in [0.15, 0.2) is 10.2 Å². The summed E-state index contributed by atoms with van der Waals surface area (Å²) in [6, 6.07) is 0. The molecule has 0 heterocycles. The molecular weight excluding hydrogens is 262 g/mol. The Morgan fingerprint density at radius 3 is 2.47 bits per heavy atom. The average Bonchev–Trinajstić information content (AvgIpc) is 2.34. The molecular formula is C13H25N3O2S. The van der Waals surface area contributed by atoms with Gasteiger partial charge in [0.15, 0.2) is 5.66 Å². The van der Waals surface area contributed by atoms with Crippen LogP contribution in [0.4, 0.5) is 4.79 Å². The molecule has 0 aromatic rings. The molecule has 0 atom stereocenters. The minimum absolute atomic E-state index is 0.184. The fraction of sp³-hybridized carbons (Fsp3) is 0.923. The molecule has 0 spiro atoms. The number of hydrogen-bond acceptors (Lipinski definition) is 5. The van der Waals surface area contributed by atoms with Crippen molar-refractivity contribution in [2.24, 2.45) is 10.2 Å². The predicted molar refractivity (Wildman–Crippen MR) is 78.2 cm³/mol. The van der Waals surface area contributed by atoms with Crippen molar-refractivity contribution in [2.45, 2.75) is 71.0 Å². The molecule has 0 bridgehead atoms. The standard InChI is InChI=1S/C13H25N3O2S/c1-5-18-19-11(17)14-13(9-7-6-8-10-13)16-15-12(2,3)4/h5-10H2,1-4H3,(H,14,17). The molecule has 0 aliphatic heterocycles. The highest BCUT2D eigenvalue weighted by molar-refractivity contribution is 8.09. The van der Waals surface area contributed by atoms with Gasteiger partial charge in [-0.3, -0.25) is 4.79 Å². The number of amides is 1. The number of azo groups is 1. The molecule has 1 fully saturated rings. The molecule has 110 valence electrons. The van der Waals surface area contributed by atoms with E-state index < -0.39 is 5.66 Å². The largest absolute Gasteiger partial charge is 0.319 e. The van der Waals surface area contributed by atoms with Gasteiger partial charge in [0.2, 0.25) is 0 Å². The third kappa shape index (κ3) is 6.38. The van der Waals surface area contributed by atoms with Crippen LogP contribution in [0.1, 0.15) is 59.8 Å². The summed E-state index contributed by atoms with van der Waals surface area (Å²) >= 11 is 0.850. The molecule has 1 saturated carbocycles. The maximum atomic E-state index is 11.8. The summed E-state index contributed by atoms with van der Waals surface area (Å²) in [7, 11) is 0. The first kappa shape index (κ1) is 16.4. The van der Waals surface area contributed by atoms with Gasteiger partial charge in [-0.15, -0.1) is 0 Å². The second kappa shape index (κ2) is 7.24. The van der Waals surface area contributed by atoms with E-state index in [-0.39, 0.29) is 10.8 Å². The van der Waals surface area contributed by atoms with Crippen LogP contribution in [0, 0.1) is 0 Å². The van der Waals surface area contributed by atoms with Crippen LogP contribution in [0.2, 0.25) is 0 Å². The summed E-state index contributed by atoms with van der Waals surface area (Å²) in [5.41, 5.74) is -0.755. The second-order valence-electron chi connectivity index (χ2n) is 5.87. The molecule has 0 radical (unpaired) electrons. The van der Waals surface area contributed by atoms with E-state index in [0.29, 0.717) is 6.61 Å². The van der Waals surface area contributed by atoms with E-state index in [1.54, 1.807) is 0 Å². The maximum absolute atomic E-state index is 11.8. The van der Waals surface area contributed by atoms with Crippen molar-refractivity contribution in [3.63, 3.8) is 0 Å². The van der Waals surface area contributed by atoms with Gasteiger partial charge in [0.1, 0.15) is 0 Å². The van der Waals surface area contributed by atoms with Crippen LogP contribution in [0.25, 0.3) is 0 Å². The average molecular weight is 287 g/mol. The molecule has 1 rings (SSSR count). The van der Waals surface area contributed by atoms with Gasteiger partial charge in [-0.25, -0.2) is 0 Å². The summed E-state index contributed by atoms with van der Waals surface area (Å²) < 4.78 is 5.06. The summed E-state index contributed by atoms with van der Waals surface area (Å²) in [5.74, 6) is 0. The summed E-state index contributed by atoms with van der Waals surface area (Å²) in [5, 5.41) is 11.6. The normalized spacial score (nSPS) is 19.6. The minimum Gasteiger partial charge on any atom is -0.319 e. The molecule has 1 N–H and O–H groups in total. The van der Waals surface area contributed by atoms with Crippen molar-refractivity contribution in [2.75, 3.05) is 6.61 Å². The van der Waals surface area contributed by atoms with E-state index in [1.165, 1.54) is 6.42 Å². The highest BCUT2D eigenvalue weighted by Crippen LogP contribution is 2.31. The second-order valence-corrected chi connectivity index (χ2v) is 6.64. The molecule has 1 aliphatic carbocycles. The van der Waals surface area contributed by atoms with Crippen molar-refractivity contribution in [1.82, 2.24) is 5.32 Å². The molecule has 0 aromatic heterocycles. The monoisotopic (exact) mass is 287 g/mol. The fourth-order valence-electron chi connectivity index (χ4n) is 1.96. The molecule has 6 heteroatoms. The Balaban J connectivity index is 2.70. The van der Waals surface area contributed by atoms with E-state index in [2.05, 4.69) is 15.5 Å². The van der Waals surface area contributed by atoms with Gasteiger partial charge in [0.05, 0.1) is 24.2 Å². The van der Waals surface area contributed by atoms with Crippen LogP contribution in [-0.2, 0) is 4.18 Å². The Hall–Kier alpha value is -0.620. The van der Waals surface area contributed by atoms with Crippen LogP contribution in [-0.4, -0.2) is 23.0 Å². The Morgan fingerprint density at radius 2 is 1.95 bits per heavy atom. The first-order valence-corrected chi connectivity index (χ1v) is 7.67. The molecule has 19 heavy (non-hydrogen) atoms. The topological polar surface area (TPSA) is 63.0 Å². The first-order chi connectivity index (χ1) is 8.87. The zero-order valence-electron chi connectivity index (χ0n) is 12.4. The van der Waals surface area contributed by atoms with Gasteiger partial charge in [-0.1, -0.05) is 6.42 Å². The zero-order valence-corrected chi connectivity index (χ0v) is 13.2. The summed E-state index contributed by atoms with van der Waals surface area (Å²) in [6.07, 6.45) is 5.04. The van der Waals surface area contributed by atoms with E-state index in [0.717, 1.165) is 37.7 Å². The van der Waals surface area contributed by atoms with Gasteiger partial charge in [0, 0.05) is 0 Å². The minimum atomic E-state index is -0.535. The van der Waals surface area contributed by atoms with E-state index in [1.807, 2.05) is 27.7 Å². The predicted octanol–water partition coefficient (Wildman–Crippen LogP) is 4.29. The SMILES string of the molecule is CCOSC(=O)NC1(N=NC(C)(C)C)CCCCC1. The fourth-order valence-corrected chi connectivity index (χ4v) is 2.41. The quantitative estimate of drug-likeness (QED) is 0.619. The van der Waals surface area contributed by atoms with Crippen LogP contribution in [0.5, 0.6) is 0 Å². The maximum Gasteiger partial charge on any atom is 0.308 e. The van der Waals surface area contributed by atoms with Crippen LogP contribution < -0.4 is 5.32 Å². The Morgan fingerprint density at radius 1 is 1.32 bits per heavy atom. The number of nitrogens with one attached hydrogen (secondary N) is 1. The third-order valence-electron chi connectivity index (χ3n) is 2.81. The molecule has 1 aliphatic rings. The van der Waals surface area contributed by atoms with Crippen molar-refractivity contribution < 1.29 is 8.98 Å². The lowest BCUT2D eigenvalue weighted by Crippen LogP contribution is -2.47. The van der Waals surface area contributed by atoms with Gasteiger partial charge in [0.25, 0.3) is 0 Å². The highest BCUT2D eigenvalue weighted by atomic mass is 32.2. The van der Waals surface area contributed by atoms with E-state index >= 15 is 0 Å². The van der Waals surface area contributed by atoms with Gasteiger partial charge in [-0.05, 0) is 53.4 Å². The van der Waals surface area contributed by atoms with Crippen molar-refractivity contribution in [1.29, 1.82) is 0 Å². The zero-order chi connectivity index (χ0) is 14.4. The number of carbonyl (C=O) groups excluding carboxylic acids is 1. The smallest absolute Gasteiger partial charge is 0.308 e. The van der Waals surface area contributed by atoms with Crippen molar-refractivity contribution >= 4 is 17.3 Å². The summed E-state index contributed by atoms with van der Waals surface area (Å²) in [4.78, 5) is 11.8. The lowest BCUT2D eigenvalue weighted by atomic mass is 9.90. The van der Waals surface area contributed by atoms with Crippen molar-refractivity contribution in [3.05, 3.63) is 0 Å². The van der Waals surface area contributed by atoms with Gasteiger partial charge < -0.3 is 9.50 Å². The third-order valence-corrected chi connectivity index (χ3v) is 3.42. The summed E-state index contributed by atoms with van der Waals surface area (Å²) in [6.45, 7) is 8.38.